The molecular weight excluding hydrogens is 380 g/mol. The molecule has 0 bridgehead atoms. The molecule has 30 heavy (non-hydrogen) atoms. The minimum absolute atomic E-state index is 0.314. The summed E-state index contributed by atoms with van der Waals surface area (Å²) in [5.41, 5.74) is 2.68. The van der Waals surface area contributed by atoms with Crippen molar-refractivity contribution in [3.05, 3.63) is 68.0 Å². The molecule has 0 aliphatic rings. The van der Waals surface area contributed by atoms with E-state index in [1.807, 2.05) is 45.0 Å². The van der Waals surface area contributed by atoms with Gasteiger partial charge in [-0.25, -0.2) is 9.78 Å². The average Bonchev–Trinajstić information content (AvgIpc) is 2.70. The highest BCUT2D eigenvalue weighted by Crippen LogP contribution is 2.20. The van der Waals surface area contributed by atoms with Crippen LogP contribution in [0.4, 0.5) is 5.69 Å². The van der Waals surface area contributed by atoms with E-state index in [4.69, 9.17) is 0 Å². The zero-order chi connectivity index (χ0) is 22.2. The van der Waals surface area contributed by atoms with E-state index in [1.165, 1.54) is 10.1 Å². The minimum atomic E-state index is -0.551. The second-order valence-corrected chi connectivity index (χ2v) is 7.90. The van der Waals surface area contributed by atoms with Gasteiger partial charge in [0.05, 0.1) is 5.39 Å². The number of fused-ring (bicyclic) bond motifs is 1. The lowest BCUT2D eigenvalue weighted by Gasteiger charge is -2.22. The zero-order valence-corrected chi connectivity index (χ0v) is 18.4. The van der Waals surface area contributed by atoms with E-state index in [0.717, 1.165) is 21.5 Å². The first-order chi connectivity index (χ1) is 14.1. The maximum Gasteiger partial charge on any atom is 0.332 e. The van der Waals surface area contributed by atoms with Gasteiger partial charge in [0.1, 0.15) is 12.2 Å². The minimum Gasteiger partial charge on any atom is -0.311 e. The third-order valence-electron chi connectivity index (χ3n) is 5.40. The number of rotatable bonds is 5. The molecule has 0 spiro atoms. The van der Waals surface area contributed by atoms with Gasteiger partial charge in [0.25, 0.3) is 5.56 Å². The van der Waals surface area contributed by atoms with Gasteiger partial charge in [-0.05, 0) is 56.0 Å². The summed E-state index contributed by atoms with van der Waals surface area (Å²) >= 11 is 0. The third-order valence-corrected chi connectivity index (χ3v) is 5.40. The first-order valence-corrected chi connectivity index (χ1v) is 10.1. The Labute approximate surface area is 175 Å². The van der Waals surface area contributed by atoms with Crippen LogP contribution in [0.15, 0.2) is 39.9 Å². The first-order valence-electron chi connectivity index (χ1n) is 10.1. The maximum atomic E-state index is 13.1. The fraction of sp³-hybridized carbons (Fsp3) is 0.391. The molecule has 158 valence electrons. The van der Waals surface area contributed by atoms with Gasteiger partial charge in [-0.1, -0.05) is 26.0 Å². The Morgan fingerprint density at radius 2 is 1.77 bits per heavy atom. The number of hydrogen-bond acceptors (Lipinski definition) is 4. The quantitative estimate of drug-likeness (QED) is 0.650. The van der Waals surface area contributed by atoms with E-state index in [0.29, 0.717) is 23.5 Å². The molecule has 0 unspecified atom stereocenters. The Morgan fingerprint density at radius 1 is 1.13 bits per heavy atom. The number of benzene rings is 1. The standard InChI is InChI=1S/C23H28N4O3/c1-7-26(18-10-8-17(9-11-18)14(2)3)19(28)13-27-22(29)20-15(4)12-16(5)24-21(20)25(6)23(27)30/h8-12,14H,7,13H2,1-6H3. The lowest BCUT2D eigenvalue weighted by Crippen LogP contribution is -2.44. The highest BCUT2D eigenvalue weighted by Gasteiger charge is 2.20. The third kappa shape index (κ3) is 3.79. The molecule has 1 amide bonds. The van der Waals surface area contributed by atoms with Gasteiger partial charge in [0.2, 0.25) is 5.91 Å². The monoisotopic (exact) mass is 408 g/mol. The second-order valence-electron chi connectivity index (χ2n) is 7.90. The van der Waals surface area contributed by atoms with Gasteiger partial charge in [0, 0.05) is 25.0 Å². The van der Waals surface area contributed by atoms with Crippen LogP contribution in [0.1, 0.15) is 43.5 Å². The van der Waals surface area contributed by atoms with Gasteiger partial charge in [-0.3, -0.25) is 18.7 Å². The number of amides is 1. The molecule has 3 aromatic rings. The van der Waals surface area contributed by atoms with E-state index >= 15 is 0 Å². The van der Waals surface area contributed by atoms with Gasteiger partial charge >= 0.3 is 5.69 Å². The van der Waals surface area contributed by atoms with Crippen molar-refractivity contribution in [2.24, 2.45) is 7.05 Å². The molecule has 0 radical (unpaired) electrons. The molecule has 0 aliphatic carbocycles. The van der Waals surface area contributed by atoms with Crippen LogP contribution in [0, 0.1) is 13.8 Å². The normalized spacial score (nSPS) is 11.3. The predicted molar refractivity (Wildman–Crippen MR) is 119 cm³/mol. The highest BCUT2D eigenvalue weighted by atomic mass is 16.2. The Bertz CT molecular complexity index is 1220. The number of carbonyl (C=O) groups is 1. The van der Waals surface area contributed by atoms with Gasteiger partial charge in [0.15, 0.2) is 0 Å². The van der Waals surface area contributed by atoms with Crippen molar-refractivity contribution >= 4 is 22.6 Å². The molecule has 1 aromatic carbocycles. The molecule has 0 saturated heterocycles. The maximum absolute atomic E-state index is 13.1. The van der Waals surface area contributed by atoms with Crippen molar-refractivity contribution in [1.29, 1.82) is 0 Å². The van der Waals surface area contributed by atoms with Crippen LogP contribution in [0.5, 0.6) is 0 Å². The number of pyridine rings is 1. The summed E-state index contributed by atoms with van der Waals surface area (Å²) in [5, 5.41) is 0.361. The zero-order valence-electron chi connectivity index (χ0n) is 18.4. The summed E-state index contributed by atoms with van der Waals surface area (Å²) in [5.74, 6) is 0.0792. The number of anilines is 1. The van der Waals surface area contributed by atoms with E-state index < -0.39 is 11.2 Å². The fourth-order valence-corrected chi connectivity index (χ4v) is 3.72. The van der Waals surface area contributed by atoms with E-state index in [-0.39, 0.29) is 12.5 Å². The molecule has 0 saturated carbocycles. The Balaban J connectivity index is 2.03. The Hall–Kier alpha value is -3.22. The molecule has 7 nitrogen and oxygen atoms in total. The predicted octanol–water partition coefficient (Wildman–Crippen LogP) is 2.89. The van der Waals surface area contributed by atoms with Crippen molar-refractivity contribution in [1.82, 2.24) is 14.1 Å². The summed E-state index contributed by atoms with van der Waals surface area (Å²) < 4.78 is 2.33. The Morgan fingerprint density at radius 3 is 2.33 bits per heavy atom. The number of likely N-dealkylation sites (N-methyl/N-ethyl adjacent to an activating group) is 1. The summed E-state index contributed by atoms with van der Waals surface area (Å²) in [6, 6.07) is 9.59. The van der Waals surface area contributed by atoms with Crippen LogP contribution in [-0.2, 0) is 18.4 Å². The van der Waals surface area contributed by atoms with Crippen LogP contribution in [-0.4, -0.2) is 26.6 Å². The van der Waals surface area contributed by atoms with E-state index in [1.54, 1.807) is 18.0 Å². The smallest absolute Gasteiger partial charge is 0.311 e. The topological polar surface area (TPSA) is 77.2 Å². The second kappa shape index (κ2) is 8.26. The molecule has 7 heteroatoms. The molecule has 2 aromatic heterocycles. The number of hydrogen-bond donors (Lipinski definition) is 0. The molecule has 3 rings (SSSR count). The molecule has 2 heterocycles. The highest BCUT2D eigenvalue weighted by molar-refractivity contribution is 5.93. The summed E-state index contributed by atoms with van der Waals surface area (Å²) in [7, 11) is 1.57. The van der Waals surface area contributed by atoms with Crippen LogP contribution < -0.4 is 16.1 Å². The molecule has 0 aliphatic heterocycles. The Kier molecular flexibility index (Phi) is 5.92. The van der Waals surface area contributed by atoms with Crippen LogP contribution in [0.25, 0.3) is 11.0 Å². The lowest BCUT2D eigenvalue weighted by atomic mass is 10.0. The van der Waals surface area contributed by atoms with Crippen molar-refractivity contribution in [2.45, 2.75) is 47.1 Å². The summed E-state index contributed by atoms with van der Waals surface area (Å²) in [6.45, 7) is 9.82. The summed E-state index contributed by atoms with van der Waals surface area (Å²) in [4.78, 5) is 44.9. The van der Waals surface area contributed by atoms with E-state index in [9.17, 15) is 14.4 Å². The van der Waals surface area contributed by atoms with Crippen molar-refractivity contribution in [3.63, 3.8) is 0 Å². The van der Waals surface area contributed by atoms with Gasteiger partial charge in [-0.15, -0.1) is 0 Å². The molecule has 0 fully saturated rings. The lowest BCUT2D eigenvalue weighted by molar-refractivity contribution is -0.119. The SMILES string of the molecule is CCN(C(=O)Cn1c(=O)c2c(C)cc(C)nc2n(C)c1=O)c1ccc(C(C)C)cc1. The van der Waals surface area contributed by atoms with Crippen molar-refractivity contribution < 1.29 is 4.79 Å². The number of carbonyl (C=O) groups excluding carboxylic acids is 1. The number of aromatic nitrogens is 3. The fourth-order valence-electron chi connectivity index (χ4n) is 3.72. The van der Waals surface area contributed by atoms with Gasteiger partial charge in [-0.2, -0.15) is 0 Å². The molecule has 0 atom stereocenters. The van der Waals surface area contributed by atoms with Crippen LogP contribution in [0.3, 0.4) is 0 Å². The van der Waals surface area contributed by atoms with Crippen molar-refractivity contribution in [3.8, 4) is 0 Å². The van der Waals surface area contributed by atoms with Crippen LogP contribution in [0.2, 0.25) is 0 Å². The van der Waals surface area contributed by atoms with Crippen LogP contribution >= 0.6 is 0 Å². The van der Waals surface area contributed by atoms with Crippen molar-refractivity contribution in [2.75, 3.05) is 11.4 Å². The van der Waals surface area contributed by atoms with Gasteiger partial charge < -0.3 is 4.90 Å². The average molecular weight is 409 g/mol. The summed E-state index contributed by atoms with van der Waals surface area (Å²) in [6.07, 6.45) is 0. The number of aryl methyl sites for hydroxylation is 3. The first kappa shape index (κ1) is 21.5. The number of nitrogens with zero attached hydrogens (tertiary/aromatic N) is 4. The molecular formula is C23H28N4O3. The van der Waals surface area contributed by atoms with E-state index in [2.05, 4.69) is 18.8 Å². The molecule has 0 N–H and O–H groups in total. The largest absolute Gasteiger partial charge is 0.332 e.